The van der Waals surface area contributed by atoms with Crippen molar-refractivity contribution in [2.24, 2.45) is 0 Å². The van der Waals surface area contributed by atoms with Crippen LogP contribution in [-0.2, 0) is 59.1 Å². The molecule has 6 aliphatic carbocycles. The summed E-state index contributed by atoms with van der Waals surface area (Å²) in [6.07, 6.45) is 7.20. The lowest BCUT2D eigenvalue weighted by Gasteiger charge is -2.21. The molecular formula is C43H22N6O16S3. The first kappa shape index (κ1) is 45.7. The molecule has 0 saturated carbocycles. The van der Waals surface area contributed by atoms with E-state index in [9.17, 15) is 75.4 Å². The number of nitrogens with zero attached hydrogens (tertiary/aromatic N) is 6. The number of carbonyl (C=O) groups excluding carboxylic acids is 7. The van der Waals surface area contributed by atoms with Crippen molar-refractivity contribution in [1.29, 1.82) is 0 Å². The Labute approximate surface area is 381 Å². The van der Waals surface area contributed by atoms with Crippen LogP contribution in [0.4, 0.5) is 0 Å². The van der Waals surface area contributed by atoms with Crippen molar-refractivity contribution in [2.45, 2.75) is 19.3 Å². The quantitative estimate of drug-likeness (QED) is 0.102. The van der Waals surface area contributed by atoms with Gasteiger partial charge in [-0.05, 0) is 12.1 Å². The maximum atomic E-state index is 14.3. The number of benzene rings is 2. The maximum absolute atomic E-state index is 14.3. The van der Waals surface area contributed by atoms with Gasteiger partial charge < -0.3 is 29.1 Å². The van der Waals surface area contributed by atoms with Crippen molar-refractivity contribution in [1.82, 2.24) is 0 Å². The van der Waals surface area contributed by atoms with E-state index >= 15 is 0 Å². The normalized spacial score (nSPS) is 18.2. The van der Waals surface area contributed by atoms with Gasteiger partial charge >= 0.3 is 47.5 Å². The van der Waals surface area contributed by atoms with Gasteiger partial charge in [0.1, 0.15) is 16.7 Å². The second-order valence-corrected chi connectivity index (χ2v) is 19.1. The van der Waals surface area contributed by atoms with Crippen LogP contribution in [0.3, 0.4) is 0 Å². The third-order valence-electron chi connectivity index (χ3n) is 10.5. The Hall–Kier alpha value is -8.82. The van der Waals surface area contributed by atoms with Crippen molar-refractivity contribution < 1.29 is 85.7 Å². The number of hydrogen-bond acceptors (Lipinski definition) is 16. The molecule has 0 aromatic heterocycles. The fourth-order valence-corrected chi connectivity index (χ4v) is 10.6. The van der Waals surface area contributed by atoms with Crippen molar-refractivity contribution in [3.05, 3.63) is 173 Å². The molecule has 0 fully saturated rings. The molecule has 0 atom stereocenters. The average molecular weight is 975 g/mol. The molecule has 0 aliphatic heterocycles. The van der Waals surface area contributed by atoms with Crippen molar-refractivity contribution in [3.8, 4) is 17.2 Å². The topological polar surface area (TPSA) is 359 Å². The summed E-state index contributed by atoms with van der Waals surface area (Å²) in [5, 5.41) is 0. The SMILES string of the molecule is [N-]=[N+]=C1CC=CC2=C1C(=O)C=C(S(=O)(=O)Oc1cc(C(=O)c3ccccc3)cc(OS(=O)(=O)C3=CC(=O)C4=C(C=CCC4=[N+]=[N-])C3=O)c1OS(=O)(=O)C1=CC(=O)C3=C(C=CCC3=[N+]=[N-])C1=O)C2=O. The Balaban J connectivity index is 1.32. The van der Waals surface area contributed by atoms with E-state index < -0.39 is 142 Å². The minimum Gasteiger partial charge on any atom is -0.375 e. The van der Waals surface area contributed by atoms with Gasteiger partial charge in [-0.25, -0.2) is 0 Å². The first-order valence-corrected chi connectivity index (χ1v) is 23.3. The summed E-state index contributed by atoms with van der Waals surface area (Å²) in [7, 11) is -17.4. The molecule has 2 aromatic carbocycles. The first-order chi connectivity index (χ1) is 32.2. The highest BCUT2D eigenvalue weighted by Gasteiger charge is 2.46. The highest BCUT2D eigenvalue weighted by atomic mass is 32.2. The Morgan fingerprint density at radius 3 is 1.16 bits per heavy atom. The number of hydrogen-bond donors (Lipinski definition) is 0. The van der Waals surface area contributed by atoms with E-state index in [-0.39, 0.29) is 60.2 Å². The van der Waals surface area contributed by atoms with Gasteiger partial charge in [-0.2, -0.15) is 39.6 Å². The van der Waals surface area contributed by atoms with Crippen LogP contribution in [0.1, 0.15) is 35.2 Å². The van der Waals surface area contributed by atoms with E-state index in [1.165, 1.54) is 48.6 Å². The molecule has 0 N–H and O–H groups in total. The van der Waals surface area contributed by atoms with Crippen LogP contribution in [0.5, 0.6) is 17.2 Å². The van der Waals surface area contributed by atoms with Gasteiger partial charge in [-0.15, -0.1) is 0 Å². The van der Waals surface area contributed by atoms with Crippen LogP contribution in [0.15, 0.2) is 145 Å². The minimum atomic E-state index is -5.87. The van der Waals surface area contributed by atoms with Crippen LogP contribution < -0.4 is 12.5 Å². The predicted octanol–water partition coefficient (Wildman–Crippen LogP) is 1.93. The van der Waals surface area contributed by atoms with E-state index in [0.717, 1.165) is 18.2 Å². The molecule has 0 radical (unpaired) electrons. The van der Waals surface area contributed by atoms with Crippen molar-refractivity contribution >= 4 is 88.0 Å². The molecule has 0 spiro atoms. The van der Waals surface area contributed by atoms with Crippen molar-refractivity contribution in [3.63, 3.8) is 0 Å². The van der Waals surface area contributed by atoms with Gasteiger partial charge in [0.2, 0.25) is 23.1 Å². The molecule has 22 nitrogen and oxygen atoms in total. The van der Waals surface area contributed by atoms with E-state index in [1.807, 2.05) is 0 Å². The Kier molecular flexibility index (Phi) is 11.3. The van der Waals surface area contributed by atoms with Crippen LogP contribution in [0.25, 0.3) is 16.6 Å². The monoisotopic (exact) mass is 974 g/mol. The lowest BCUT2D eigenvalue weighted by atomic mass is 9.86. The van der Waals surface area contributed by atoms with Gasteiger partial charge in [0, 0.05) is 46.1 Å². The predicted molar refractivity (Wildman–Crippen MR) is 227 cm³/mol. The van der Waals surface area contributed by atoms with E-state index in [2.05, 4.69) is 14.4 Å². The van der Waals surface area contributed by atoms with Gasteiger partial charge in [-0.1, -0.05) is 66.8 Å². The van der Waals surface area contributed by atoms with Crippen molar-refractivity contribution in [2.75, 3.05) is 0 Å². The lowest BCUT2D eigenvalue weighted by molar-refractivity contribution is -0.115. The molecule has 0 saturated heterocycles. The molecule has 25 heteroatoms. The smallest absolute Gasteiger partial charge is 0.343 e. The number of carbonyl (C=O) groups is 7. The molecule has 68 heavy (non-hydrogen) atoms. The van der Waals surface area contributed by atoms with Crippen LogP contribution in [-0.4, -0.2) is 97.2 Å². The maximum Gasteiger partial charge on any atom is 0.343 e. The van der Waals surface area contributed by atoms with E-state index in [0.29, 0.717) is 12.1 Å². The second kappa shape index (κ2) is 16.9. The molecule has 0 unspecified atom stereocenters. The highest BCUT2D eigenvalue weighted by Crippen LogP contribution is 2.45. The Bertz CT molecular complexity index is 3580. The Morgan fingerprint density at radius 2 is 0.824 bits per heavy atom. The van der Waals surface area contributed by atoms with Gasteiger partial charge in [0.05, 0.1) is 19.3 Å². The summed E-state index contributed by atoms with van der Waals surface area (Å²) in [5.74, 6) is -13.6. The van der Waals surface area contributed by atoms with E-state index in [1.54, 1.807) is 0 Å². The number of Topliss-reactive ketones (excluding diaryl/α,β-unsaturated/α-hetero) is 3. The zero-order valence-corrected chi connectivity index (χ0v) is 36.2. The standard InChI is InChI=1S/C43H22N6O16S3/c44-47-25-12-4-9-22-36(25)28(50)17-33(40(22)54)66(57,58)63-31-15-21(39(53)20-7-2-1-3-8-20)16-32(64-67(59,60)34-18-29(51)37-23(41(34)55)10-5-13-26(37)48-45)43(31)65-68(61,62)35-19-30(52)38-24(42(35)56)11-6-14-27(38)49-46/h1-11,15-19H,12-14H2. The number of allylic oxidation sites excluding steroid dienone is 18. The summed E-state index contributed by atoms with van der Waals surface area (Å²) >= 11 is 0. The number of rotatable bonds is 11. The summed E-state index contributed by atoms with van der Waals surface area (Å²) in [4.78, 5) is 99.6. The van der Waals surface area contributed by atoms with Gasteiger partial charge in [0.25, 0.3) is 0 Å². The van der Waals surface area contributed by atoms with Crippen LogP contribution in [0.2, 0.25) is 0 Å². The van der Waals surface area contributed by atoms with Gasteiger partial charge in [-0.3, -0.25) is 33.6 Å². The number of ketones is 7. The zero-order valence-electron chi connectivity index (χ0n) is 33.8. The van der Waals surface area contributed by atoms with Gasteiger partial charge in [0.15, 0.2) is 49.3 Å². The first-order valence-electron chi connectivity index (χ1n) is 19.1. The summed E-state index contributed by atoms with van der Waals surface area (Å²) < 4.78 is 101. The molecule has 338 valence electrons. The zero-order chi connectivity index (χ0) is 49.0. The average Bonchev–Trinajstić information content (AvgIpc) is 3.32. The minimum absolute atomic E-state index is 0.149. The molecule has 0 heterocycles. The molecular weight excluding hydrogens is 953 g/mol. The molecule has 8 rings (SSSR count). The molecule has 0 bridgehead atoms. The highest BCUT2D eigenvalue weighted by molar-refractivity contribution is 7.93. The summed E-state index contributed by atoms with van der Waals surface area (Å²) in [6, 6.07) is 7.72. The third kappa shape index (κ3) is 7.79. The molecule has 2 aromatic rings. The fourth-order valence-electron chi connectivity index (χ4n) is 7.43. The molecule has 6 aliphatic rings. The third-order valence-corrected chi connectivity index (χ3v) is 14.2. The molecule has 0 amide bonds. The Morgan fingerprint density at radius 1 is 0.485 bits per heavy atom. The van der Waals surface area contributed by atoms with E-state index in [4.69, 9.17) is 12.5 Å². The largest absolute Gasteiger partial charge is 0.375 e. The lowest BCUT2D eigenvalue weighted by Crippen LogP contribution is -2.31. The summed E-state index contributed by atoms with van der Waals surface area (Å²) in [5.41, 5.74) is 23.2. The van der Waals surface area contributed by atoms with Crippen LogP contribution >= 0.6 is 0 Å². The second-order valence-electron chi connectivity index (χ2n) is 14.5. The summed E-state index contributed by atoms with van der Waals surface area (Å²) in [6.45, 7) is 0. The fraction of sp³-hybridized carbons (Fsp3) is 0.0698. The van der Waals surface area contributed by atoms with Crippen LogP contribution in [0, 0.1) is 0 Å².